The predicted molar refractivity (Wildman–Crippen MR) is 73.3 cm³/mol. The van der Waals surface area contributed by atoms with Gasteiger partial charge in [0.05, 0.1) is 7.11 Å². The Morgan fingerprint density at radius 1 is 1.42 bits per heavy atom. The third-order valence-electron chi connectivity index (χ3n) is 2.65. The summed E-state index contributed by atoms with van der Waals surface area (Å²) in [5, 5.41) is 4.76. The number of hydrogen-bond acceptors (Lipinski definition) is 3. The molecule has 1 N–H and O–H groups in total. The summed E-state index contributed by atoms with van der Waals surface area (Å²) in [7, 11) is 1.39. The van der Waals surface area contributed by atoms with Crippen LogP contribution in [0.4, 0.5) is 4.39 Å². The number of rotatable bonds is 5. The number of thiophene rings is 1. The van der Waals surface area contributed by atoms with Gasteiger partial charge in [-0.3, -0.25) is 4.79 Å². The summed E-state index contributed by atoms with van der Waals surface area (Å²) in [5.74, 6) is -0.679. The molecule has 0 aliphatic carbocycles. The number of amides is 1. The van der Waals surface area contributed by atoms with E-state index >= 15 is 0 Å². The minimum Gasteiger partial charge on any atom is -0.494 e. The van der Waals surface area contributed by atoms with Crippen LogP contribution in [0.15, 0.2) is 35.7 Å². The lowest BCUT2D eigenvalue weighted by Crippen LogP contribution is -2.25. The SMILES string of the molecule is COc1ccc(C(=O)NCCc2cccs2)cc1F. The Morgan fingerprint density at radius 3 is 2.89 bits per heavy atom. The van der Waals surface area contributed by atoms with Crippen LogP contribution in [0.3, 0.4) is 0 Å². The van der Waals surface area contributed by atoms with Gasteiger partial charge in [-0.2, -0.15) is 0 Å². The van der Waals surface area contributed by atoms with Crippen molar-refractivity contribution < 1.29 is 13.9 Å². The van der Waals surface area contributed by atoms with Crippen molar-refractivity contribution in [1.82, 2.24) is 5.32 Å². The first-order valence-electron chi connectivity index (χ1n) is 5.85. The lowest BCUT2D eigenvalue weighted by Gasteiger charge is -2.06. The largest absolute Gasteiger partial charge is 0.494 e. The number of benzene rings is 1. The van der Waals surface area contributed by atoms with Gasteiger partial charge in [-0.05, 0) is 36.1 Å². The number of methoxy groups -OCH3 is 1. The minimum absolute atomic E-state index is 0.134. The third kappa shape index (κ3) is 3.54. The van der Waals surface area contributed by atoms with Gasteiger partial charge in [0.25, 0.3) is 5.91 Å². The van der Waals surface area contributed by atoms with Gasteiger partial charge in [0.2, 0.25) is 0 Å². The van der Waals surface area contributed by atoms with Crippen molar-refractivity contribution in [1.29, 1.82) is 0 Å². The zero-order valence-corrected chi connectivity index (χ0v) is 11.3. The Kier molecular flexibility index (Phi) is 4.52. The Labute approximate surface area is 115 Å². The van der Waals surface area contributed by atoms with Crippen molar-refractivity contribution in [2.45, 2.75) is 6.42 Å². The molecule has 0 unspecified atom stereocenters. The molecule has 1 aromatic heterocycles. The fourth-order valence-corrected chi connectivity index (χ4v) is 2.37. The molecule has 0 saturated heterocycles. The van der Waals surface area contributed by atoms with Gasteiger partial charge < -0.3 is 10.1 Å². The molecule has 0 atom stereocenters. The Hall–Kier alpha value is -1.88. The van der Waals surface area contributed by atoms with Crippen LogP contribution in [-0.2, 0) is 6.42 Å². The van der Waals surface area contributed by atoms with Crippen molar-refractivity contribution in [3.63, 3.8) is 0 Å². The van der Waals surface area contributed by atoms with Crippen LogP contribution < -0.4 is 10.1 Å². The molecule has 0 saturated carbocycles. The summed E-state index contributed by atoms with van der Waals surface area (Å²) in [5.41, 5.74) is 0.296. The highest BCUT2D eigenvalue weighted by Crippen LogP contribution is 2.17. The summed E-state index contributed by atoms with van der Waals surface area (Å²) in [6, 6.07) is 8.16. The van der Waals surface area contributed by atoms with E-state index in [1.165, 1.54) is 24.1 Å². The van der Waals surface area contributed by atoms with Crippen molar-refractivity contribution in [3.8, 4) is 5.75 Å². The fourth-order valence-electron chi connectivity index (χ4n) is 1.66. The maximum absolute atomic E-state index is 13.5. The number of ether oxygens (including phenoxy) is 1. The number of hydrogen-bond donors (Lipinski definition) is 1. The topological polar surface area (TPSA) is 38.3 Å². The molecule has 0 bridgehead atoms. The van der Waals surface area contributed by atoms with E-state index in [0.717, 1.165) is 6.42 Å². The number of halogens is 1. The summed E-state index contributed by atoms with van der Waals surface area (Å²) < 4.78 is 18.3. The van der Waals surface area contributed by atoms with E-state index in [1.807, 2.05) is 17.5 Å². The van der Waals surface area contributed by atoms with Crippen molar-refractivity contribution in [2.75, 3.05) is 13.7 Å². The highest BCUT2D eigenvalue weighted by Gasteiger charge is 2.09. The van der Waals surface area contributed by atoms with Gasteiger partial charge in [0.1, 0.15) is 0 Å². The second-order valence-electron chi connectivity index (χ2n) is 3.93. The predicted octanol–water partition coefficient (Wildman–Crippen LogP) is 2.87. The zero-order chi connectivity index (χ0) is 13.7. The number of carbonyl (C=O) groups excluding carboxylic acids is 1. The second-order valence-corrected chi connectivity index (χ2v) is 4.97. The molecule has 0 aliphatic heterocycles. The fraction of sp³-hybridized carbons (Fsp3) is 0.214. The van der Waals surface area contributed by atoms with Crippen LogP contribution in [0.1, 0.15) is 15.2 Å². The molecule has 2 aromatic rings. The first-order chi connectivity index (χ1) is 9.20. The Morgan fingerprint density at radius 2 is 2.26 bits per heavy atom. The van der Waals surface area contributed by atoms with E-state index in [4.69, 9.17) is 4.74 Å². The Bertz CT molecular complexity index is 555. The normalized spacial score (nSPS) is 10.2. The van der Waals surface area contributed by atoms with Crippen molar-refractivity contribution >= 4 is 17.2 Å². The van der Waals surface area contributed by atoms with Gasteiger partial charge >= 0.3 is 0 Å². The van der Waals surface area contributed by atoms with E-state index in [2.05, 4.69) is 5.32 Å². The third-order valence-corrected chi connectivity index (χ3v) is 3.59. The molecule has 1 aromatic carbocycles. The molecular formula is C14H14FNO2S. The van der Waals surface area contributed by atoms with Crippen molar-refractivity contribution in [3.05, 3.63) is 52.0 Å². The van der Waals surface area contributed by atoms with Crippen LogP contribution in [0.5, 0.6) is 5.75 Å². The maximum Gasteiger partial charge on any atom is 0.251 e. The van der Waals surface area contributed by atoms with Gasteiger partial charge in [-0.1, -0.05) is 6.07 Å². The van der Waals surface area contributed by atoms with Gasteiger partial charge in [-0.25, -0.2) is 4.39 Å². The van der Waals surface area contributed by atoms with Gasteiger partial charge in [0, 0.05) is 17.0 Å². The molecule has 0 fully saturated rings. The first-order valence-corrected chi connectivity index (χ1v) is 6.73. The molecular weight excluding hydrogens is 265 g/mol. The average molecular weight is 279 g/mol. The maximum atomic E-state index is 13.5. The van der Waals surface area contributed by atoms with Crippen LogP contribution in [0.2, 0.25) is 0 Å². The number of carbonyl (C=O) groups is 1. The van der Waals surface area contributed by atoms with E-state index in [-0.39, 0.29) is 11.7 Å². The molecule has 19 heavy (non-hydrogen) atoms. The smallest absolute Gasteiger partial charge is 0.251 e. The summed E-state index contributed by atoms with van der Waals surface area (Å²) in [6.45, 7) is 0.535. The monoisotopic (exact) mass is 279 g/mol. The molecule has 0 radical (unpaired) electrons. The molecule has 1 amide bonds. The van der Waals surface area contributed by atoms with Crippen LogP contribution in [0, 0.1) is 5.82 Å². The van der Waals surface area contributed by atoms with Gasteiger partial charge in [-0.15, -0.1) is 11.3 Å². The summed E-state index contributed by atoms with van der Waals surface area (Å²) >= 11 is 1.65. The lowest BCUT2D eigenvalue weighted by molar-refractivity contribution is 0.0953. The Balaban J connectivity index is 1.91. The summed E-state index contributed by atoms with van der Waals surface area (Å²) in [4.78, 5) is 13.0. The van der Waals surface area contributed by atoms with Crippen LogP contribution in [-0.4, -0.2) is 19.6 Å². The molecule has 5 heteroatoms. The minimum atomic E-state index is -0.534. The molecule has 1 heterocycles. The summed E-state index contributed by atoms with van der Waals surface area (Å²) in [6.07, 6.45) is 0.780. The first kappa shape index (κ1) is 13.5. The van der Waals surface area contributed by atoms with Crippen molar-refractivity contribution in [2.24, 2.45) is 0 Å². The van der Waals surface area contributed by atoms with E-state index in [0.29, 0.717) is 12.1 Å². The van der Waals surface area contributed by atoms with Crippen LogP contribution in [0.25, 0.3) is 0 Å². The van der Waals surface area contributed by atoms with E-state index < -0.39 is 5.82 Å². The molecule has 3 nitrogen and oxygen atoms in total. The van der Waals surface area contributed by atoms with E-state index in [1.54, 1.807) is 17.4 Å². The molecule has 0 aliphatic rings. The highest BCUT2D eigenvalue weighted by atomic mass is 32.1. The van der Waals surface area contributed by atoms with Gasteiger partial charge in [0.15, 0.2) is 11.6 Å². The zero-order valence-electron chi connectivity index (χ0n) is 10.5. The lowest BCUT2D eigenvalue weighted by atomic mass is 10.2. The highest BCUT2D eigenvalue weighted by molar-refractivity contribution is 7.09. The standard InChI is InChI=1S/C14H14FNO2S/c1-18-13-5-4-10(9-12(13)15)14(17)16-7-6-11-3-2-8-19-11/h2-5,8-9H,6-7H2,1H3,(H,16,17). The molecule has 0 spiro atoms. The second kappa shape index (κ2) is 6.33. The number of nitrogens with one attached hydrogen (secondary N) is 1. The van der Waals surface area contributed by atoms with Crippen LogP contribution >= 0.6 is 11.3 Å². The average Bonchev–Trinajstić information content (AvgIpc) is 2.91. The molecule has 2 rings (SSSR count). The van der Waals surface area contributed by atoms with E-state index in [9.17, 15) is 9.18 Å². The molecule has 100 valence electrons. The quantitative estimate of drug-likeness (QED) is 0.914.